The van der Waals surface area contributed by atoms with Gasteiger partial charge in [0.1, 0.15) is 0 Å². The van der Waals surface area contributed by atoms with Crippen molar-refractivity contribution in [3.8, 4) is 39.1 Å². The first-order chi connectivity index (χ1) is 23.6. The van der Waals surface area contributed by atoms with Crippen molar-refractivity contribution in [1.82, 2.24) is 4.57 Å². The highest BCUT2D eigenvalue weighted by Crippen LogP contribution is 2.40. The van der Waals surface area contributed by atoms with Crippen molar-refractivity contribution in [2.45, 2.75) is 13.5 Å². The monoisotopic (exact) mass is 616 g/mol. The van der Waals surface area contributed by atoms with Crippen molar-refractivity contribution in [3.05, 3.63) is 180 Å². The molecule has 3 heteroatoms. The number of nitrogens with zero attached hydrogens (tertiary/aromatic N) is 2. The van der Waals surface area contributed by atoms with E-state index < -0.39 is 0 Å². The Labute approximate surface area is 280 Å². The number of hydrogen-bond acceptors (Lipinski definition) is 1. The molecule has 8 aromatic rings. The number of aromatic nitrogens is 1. The molecule has 9 rings (SSSR count). The van der Waals surface area contributed by atoms with Crippen molar-refractivity contribution in [3.63, 3.8) is 0 Å². The van der Waals surface area contributed by atoms with Crippen molar-refractivity contribution in [1.29, 1.82) is 0 Å². The molecule has 7 aromatic carbocycles. The first-order valence-corrected chi connectivity index (χ1v) is 16.4. The second-order valence-corrected chi connectivity index (χ2v) is 12.7. The predicted molar refractivity (Wildman–Crippen MR) is 199 cm³/mol. The zero-order chi connectivity index (χ0) is 32.2. The van der Waals surface area contributed by atoms with E-state index in [0.717, 1.165) is 61.4 Å². The highest BCUT2D eigenvalue weighted by Gasteiger charge is 2.33. The fourth-order valence-electron chi connectivity index (χ4n) is 7.33. The summed E-state index contributed by atoms with van der Waals surface area (Å²) in [6, 6.07) is 57.5. The van der Waals surface area contributed by atoms with Gasteiger partial charge >= 0.3 is 0 Å². The summed E-state index contributed by atoms with van der Waals surface area (Å²) in [4.78, 5) is 16.7. The molecule has 1 aliphatic heterocycles. The minimum atomic E-state index is 0.0191. The van der Waals surface area contributed by atoms with Crippen LogP contribution in [0.15, 0.2) is 164 Å². The Balaban J connectivity index is 1.21. The summed E-state index contributed by atoms with van der Waals surface area (Å²) in [5.41, 5.74) is 13.8. The smallest absolute Gasteiger partial charge is 0.261 e. The highest BCUT2D eigenvalue weighted by molar-refractivity contribution is 6.15. The molecule has 0 saturated carbocycles. The maximum absolute atomic E-state index is 14.7. The van der Waals surface area contributed by atoms with Crippen LogP contribution in [0.5, 0.6) is 0 Å². The highest BCUT2D eigenvalue weighted by atomic mass is 16.2. The second kappa shape index (κ2) is 11.3. The van der Waals surface area contributed by atoms with E-state index in [1.165, 1.54) is 21.9 Å². The SMILES string of the molecule is Cc1cccc(-c2ccc3c4ccccc4n(-c4cccc5c4C(=O)N(c4cc(-c6ccccc6)cc(-c6ccccc6)c4)C5)c3c2)c1. The van der Waals surface area contributed by atoms with Crippen LogP contribution in [0, 0.1) is 6.92 Å². The lowest BCUT2D eigenvalue weighted by atomic mass is 9.97. The molecule has 3 nitrogen and oxygen atoms in total. The predicted octanol–water partition coefficient (Wildman–Crippen LogP) is 11.3. The summed E-state index contributed by atoms with van der Waals surface area (Å²) in [6.45, 7) is 2.64. The molecule has 2 heterocycles. The van der Waals surface area contributed by atoms with E-state index in [2.05, 4.69) is 163 Å². The van der Waals surface area contributed by atoms with E-state index in [4.69, 9.17) is 0 Å². The standard InChI is InChI=1S/C45H32N2O/c1-30-12-10-17-33(24-30)34-22-23-40-39-19-8-9-20-41(39)47(43(40)28-34)42-21-11-18-35-29-46(45(48)44(35)42)38-26-36(31-13-4-2-5-14-31)25-37(27-38)32-15-6-3-7-16-32/h2-28H,29H2,1H3. The van der Waals surface area contributed by atoms with Crippen molar-refractivity contribution in [2.24, 2.45) is 0 Å². The van der Waals surface area contributed by atoms with Gasteiger partial charge in [-0.05, 0) is 82.3 Å². The maximum Gasteiger partial charge on any atom is 0.261 e. The van der Waals surface area contributed by atoms with Crippen molar-refractivity contribution in [2.75, 3.05) is 4.90 Å². The van der Waals surface area contributed by atoms with Gasteiger partial charge in [-0.3, -0.25) is 4.79 Å². The van der Waals surface area contributed by atoms with Gasteiger partial charge in [0.2, 0.25) is 0 Å². The van der Waals surface area contributed by atoms with Crippen LogP contribution in [0.2, 0.25) is 0 Å². The van der Waals surface area contributed by atoms with Crippen LogP contribution in [0.3, 0.4) is 0 Å². The number of carbonyl (C=O) groups is 1. The number of fused-ring (bicyclic) bond motifs is 4. The number of aryl methyl sites for hydroxylation is 1. The molecule has 1 amide bonds. The number of benzene rings is 7. The number of amides is 1. The summed E-state index contributed by atoms with van der Waals surface area (Å²) in [5, 5.41) is 2.34. The molecule has 0 radical (unpaired) electrons. The Morgan fingerprint density at radius 1 is 0.479 bits per heavy atom. The summed E-state index contributed by atoms with van der Waals surface area (Å²) in [7, 11) is 0. The topological polar surface area (TPSA) is 25.2 Å². The summed E-state index contributed by atoms with van der Waals surface area (Å²) >= 11 is 0. The zero-order valence-electron chi connectivity index (χ0n) is 26.6. The molecule has 0 atom stereocenters. The summed E-state index contributed by atoms with van der Waals surface area (Å²) in [6.07, 6.45) is 0. The largest absolute Gasteiger partial charge is 0.308 e. The van der Waals surface area contributed by atoms with E-state index in [9.17, 15) is 4.79 Å². The molecule has 48 heavy (non-hydrogen) atoms. The number of para-hydroxylation sites is 1. The average molecular weight is 617 g/mol. The number of anilines is 1. The lowest BCUT2D eigenvalue weighted by Crippen LogP contribution is -2.23. The van der Waals surface area contributed by atoms with E-state index in [1.807, 2.05) is 17.0 Å². The Kier molecular flexibility index (Phi) is 6.58. The minimum Gasteiger partial charge on any atom is -0.308 e. The van der Waals surface area contributed by atoms with Gasteiger partial charge in [0.15, 0.2) is 0 Å². The quantitative estimate of drug-likeness (QED) is 0.189. The molecule has 0 spiro atoms. The van der Waals surface area contributed by atoms with Crippen LogP contribution in [0.1, 0.15) is 21.5 Å². The molecule has 1 aromatic heterocycles. The van der Waals surface area contributed by atoms with Gasteiger partial charge in [-0.2, -0.15) is 0 Å². The van der Waals surface area contributed by atoms with E-state index >= 15 is 0 Å². The van der Waals surface area contributed by atoms with Gasteiger partial charge in [-0.15, -0.1) is 0 Å². The molecular weight excluding hydrogens is 585 g/mol. The molecule has 0 aliphatic carbocycles. The summed E-state index contributed by atoms with van der Waals surface area (Å²) in [5.74, 6) is 0.0191. The average Bonchev–Trinajstić information content (AvgIpc) is 3.66. The van der Waals surface area contributed by atoms with E-state index in [1.54, 1.807) is 0 Å². The molecule has 0 unspecified atom stereocenters. The van der Waals surface area contributed by atoms with Gasteiger partial charge in [0.25, 0.3) is 5.91 Å². The molecule has 0 N–H and O–H groups in total. The molecule has 0 bridgehead atoms. The van der Waals surface area contributed by atoms with Gasteiger partial charge < -0.3 is 9.47 Å². The Morgan fingerprint density at radius 2 is 1.10 bits per heavy atom. The Hall–Kier alpha value is -6.19. The van der Waals surface area contributed by atoms with Crippen LogP contribution in [0.4, 0.5) is 5.69 Å². The van der Waals surface area contributed by atoms with Crippen LogP contribution in [-0.2, 0) is 6.54 Å². The van der Waals surface area contributed by atoms with Gasteiger partial charge in [-0.1, -0.05) is 133 Å². The molecular formula is C45H32N2O. The molecule has 228 valence electrons. The van der Waals surface area contributed by atoms with Gasteiger partial charge in [-0.25, -0.2) is 0 Å². The first-order valence-electron chi connectivity index (χ1n) is 16.4. The summed E-state index contributed by atoms with van der Waals surface area (Å²) < 4.78 is 2.29. The number of rotatable bonds is 5. The molecule has 0 fully saturated rings. The molecule has 1 aliphatic rings. The fraction of sp³-hybridized carbons (Fsp3) is 0.0444. The number of carbonyl (C=O) groups excluding carboxylic acids is 1. The second-order valence-electron chi connectivity index (χ2n) is 12.7. The lowest BCUT2D eigenvalue weighted by Gasteiger charge is -2.19. The third-order valence-electron chi connectivity index (χ3n) is 9.63. The zero-order valence-corrected chi connectivity index (χ0v) is 26.6. The van der Waals surface area contributed by atoms with Crippen LogP contribution >= 0.6 is 0 Å². The van der Waals surface area contributed by atoms with E-state index in [-0.39, 0.29) is 5.91 Å². The van der Waals surface area contributed by atoms with Gasteiger partial charge in [0.05, 0.1) is 28.8 Å². The Bertz CT molecular complexity index is 2450. The molecule has 0 saturated heterocycles. The fourth-order valence-corrected chi connectivity index (χ4v) is 7.33. The third kappa shape index (κ3) is 4.63. The normalized spacial score (nSPS) is 12.6. The number of hydrogen-bond donors (Lipinski definition) is 0. The van der Waals surface area contributed by atoms with Crippen LogP contribution in [-0.4, -0.2) is 10.5 Å². The van der Waals surface area contributed by atoms with Crippen molar-refractivity contribution >= 4 is 33.4 Å². The maximum atomic E-state index is 14.7. The van der Waals surface area contributed by atoms with E-state index in [0.29, 0.717) is 6.54 Å². The minimum absolute atomic E-state index is 0.0191. The van der Waals surface area contributed by atoms with Gasteiger partial charge in [0, 0.05) is 16.5 Å². The van der Waals surface area contributed by atoms with Crippen LogP contribution < -0.4 is 4.90 Å². The Morgan fingerprint density at radius 3 is 1.83 bits per heavy atom. The van der Waals surface area contributed by atoms with Crippen LogP contribution in [0.25, 0.3) is 60.9 Å². The third-order valence-corrected chi connectivity index (χ3v) is 9.63. The lowest BCUT2D eigenvalue weighted by molar-refractivity contribution is 0.0996. The first kappa shape index (κ1) is 28.1. The van der Waals surface area contributed by atoms with Crippen molar-refractivity contribution < 1.29 is 4.79 Å².